The Morgan fingerprint density at radius 2 is 1.69 bits per heavy atom. The maximum absolute atomic E-state index is 12.8. The van der Waals surface area contributed by atoms with Crippen LogP contribution in [0.25, 0.3) is 11.1 Å². The van der Waals surface area contributed by atoms with Crippen molar-refractivity contribution in [1.82, 2.24) is 9.80 Å². The third-order valence-corrected chi connectivity index (χ3v) is 7.20. The summed E-state index contributed by atoms with van der Waals surface area (Å²) in [5.41, 5.74) is 3.18. The van der Waals surface area contributed by atoms with Crippen molar-refractivity contribution in [3.8, 4) is 11.1 Å². The van der Waals surface area contributed by atoms with Gasteiger partial charge >= 0.3 is 12.1 Å². The third-order valence-electron chi connectivity index (χ3n) is 6.64. The van der Waals surface area contributed by atoms with Crippen molar-refractivity contribution in [2.24, 2.45) is 0 Å². The minimum atomic E-state index is -0.580. The smallest absolute Gasteiger partial charge is 0.410 e. The fourth-order valence-electron chi connectivity index (χ4n) is 4.74. The largest absolute Gasteiger partial charge is 0.441 e. The van der Waals surface area contributed by atoms with Gasteiger partial charge in [0, 0.05) is 37.5 Å². The van der Waals surface area contributed by atoms with E-state index in [-0.39, 0.29) is 12.1 Å². The lowest BCUT2D eigenvalue weighted by Gasteiger charge is -2.37. The monoisotopic (exact) mass is 509 g/mol. The number of nitrogens with zero attached hydrogens (tertiary/aromatic N) is 2. The lowest BCUT2D eigenvalue weighted by molar-refractivity contribution is 0.0109. The summed E-state index contributed by atoms with van der Waals surface area (Å²) < 4.78 is 5.89. The minimum Gasteiger partial charge on any atom is -0.441 e. The fourth-order valence-corrected chi connectivity index (χ4v) is 5.08. The highest BCUT2D eigenvalue weighted by Crippen LogP contribution is 2.35. The highest BCUT2D eigenvalue weighted by atomic mass is 35.5. The molecular weight excluding hydrogens is 485 g/mol. The predicted octanol–water partition coefficient (Wildman–Crippen LogP) is 6.68. The Labute approximate surface area is 214 Å². The molecule has 8 heteroatoms. The predicted molar refractivity (Wildman–Crippen MR) is 138 cm³/mol. The van der Waals surface area contributed by atoms with Crippen LogP contribution >= 0.6 is 23.2 Å². The molecule has 2 saturated heterocycles. The quantitative estimate of drug-likeness (QED) is 0.426. The molecule has 2 aliphatic rings. The van der Waals surface area contributed by atoms with E-state index in [1.54, 1.807) is 28.0 Å². The van der Waals surface area contributed by atoms with E-state index in [0.29, 0.717) is 54.8 Å². The molecular formula is C27H25Cl2N3O3. The second kappa shape index (κ2) is 9.80. The molecule has 180 valence electrons. The zero-order valence-electron chi connectivity index (χ0n) is 19.0. The molecule has 3 aromatic rings. The van der Waals surface area contributed by atoms with Gasteiger partial charge in [-0.2, -0.15) is 0 Å². The number of halogens is 2. The number of ether oxygens (including phenoxy) is 1. The Balaban J connectivity index is 1.22. The second-order valence-electron chi connectivity index (χ2n) is 8.97. The summed E-state index contributed by atoms with van der Waals surface area (Å²) in [5, 5.41) is 3.74. The molecule has 0 atom stereocenters. The lowest BCUT2D eigenvalue weighted by Crippen LogP contribution is -2.49. The molecule has 6 nitrogen and oxygen atoms in total. The normalized spacial score (nSPS) is 16.9. The molecule has 2 heterocycles. The van der Waals surface area contributed by atoms with Gasteiger partial charge in [-0.15, -0.1) is 0 Å². The Bertz CT molecular complexity index is 1240. The van der Waals surface area contributed by atoms with Crippen LogP contribution < -0.4 is 5.32 Å². The van der Waals surface area contributed by atoms with Gasteiger partial charge in [-0.05, 0) is 34.9 Å². The van der Waals surface area contributed by atoms with E-state index in [1.807, 2.05) is 30.3 Å². The van der Waals surface area contributed by atoms with Crippen molar-refractivity contribution >= 4 is 41.0 Å². The number of likely N-dealkylation sites (tertiary alicyclic amines) is 1. The maximum atomic E-state index is 12.8. The number of hydrogen-bond acceptors (Lipinski definition) is 3. The Hall–Kier alpha value is -3.22. The van der Waals surface area contributed by atoms with Crippen molar-refractivity contribution in [1.29, 1.82) is 0 Å². The highest BCUT2D eigenvalue weighted by molar-refractivity contribution is 6.35. The molecule has 0 bridgehead atoms. The Morgan fingerprint density at radius 3 is 2.46 bits per heavy atom. The molecule has 2 aliphatic heterocycles. The van der Waals surface area contributed by atoms with Gasteiger partial charge < -0.3 is 15.0 Å². The molecule has 3 aromatic carbocycles. The highest BCUT2D eigenvalue weighted by Gasteiger charge is 2.47. The minimum absolute atomic E-state index is 0.248. The average Bonchev–Trinajstić information content (AvgIpc) is 3.16. The average molecular weight is 510 g/mol. The second-order valence-corrected chi connectivity index (χ2v) is 9.82. The van der Waals surface area contributed by atoms with Crippen LogP contribution in [-0.2, 0) is 11.3 Å². The summed E-state index contributed by atoms with van der Waals surface area (Å²) in [6.07, 6.45) is 0.843. The lowest BCUT2D eigenvalue weighted by atomic mass is 9.91. The van der Waals surface area contributed by atoms with Crippen LogP contribution in [-0.4, -0.2) is 47.2 Å². The molecule has 1 N–H and O–H groups in total. The number of benzene rings is 3. The van der Waals surface area contributed by atoms with Crippen molar-refractivity contribution < 1.29 is 14.3 Å². The number of piperidine rings is 1. The van der Waals surface area contributed by atoms with Crippen molar-refractivity contribution in [2.45, 2.75) is 25.0 Å². The number of carbonyl (C=O) groups is 2. The summed E-state index contributed by atoms with van der Waals surface area (Å²) >= 11 is 12.2. The fraction of sp³-hybridized carbons (Fsp3) is 0.259. The Kier molecular flexibility index (Phi) is 6.58. The SMILES string of the molecule is O=C(Nc1cc(Cl)ccc1Cl)N1CCC2(CC1)CN(Cc1ccccc1-c1ccccc1)C(=O)O2. The first-order valence-electron chi connectivity index (χ1n) is 11.5. The molecule has 0 aromatic heterocycles. The van der Waals surface area contributed by atoms with Crippen molar-refractivity contribution in [3.05, 3.63) is 88.4 Å². The van der Waals surface area contributed by atoms with Crippen LogP contribution in [0.5, 0.6) is 0 Å². The first-order valence-corrected chi connectivity index (χ1v) is 12.3. The zero-order chi connectivity index (χ0) is 24.4. The number of amides is 3. The summed E-state index contributed by atoms with van der Waals surface area (Å²) in [5.74, 6) is 0. The molecule has 0 aliphatic carbocycles. The van der Waals surface area contributed by atoms with Crippen LogP contribution in [0.15, 0.2) is 72.8 Å². The molecule has 0 unspecified atom stereocenters. The summed E-state index contributed by atoms with van der Waals surface area (Å²) in [6.45, 7) is 1.94. The van der Waals surface area contributed by atoms with Crippen LogP contribution in [0.1, 0.15) is 18.4 Å². The first-order chi connectivity index (χ1) is 16.9. The molecule has 0 radical (unpaired) electrons. The van der Waals surface area contributed by atoms with Gasteiger partial charge in [0.05, 0.1) is 17.3 Å². The van der Waals surface area contributed by atoms with E-state index in [9.17, 15) is 9.59 Å². The van der Waals surface area contributed by atoms with E-state index in [4.69, 9.17) is 27.9 Å². The van der Waals surface area contributed by atoms with E-state index in [0.717, 1.165) is 16.7 Å². The van der Waals surface area contributed by atoms with E-state index in [1.165, 1.54) is 0 Å². The molecule has 0 saturated carbocycles. The standard InChI is InChI=1S/C27H25Cl2N3O3/c28-21-10-11-23(29)24(16-21)30-25(33)31-14-12-27(13-15-31)18-32(26(34)35-27)17-20-8-4-5-9-22(20)19-6-2-1-3-7-19/h1-11,16H,12-15,17-18H2,(H,30,33). The van der Waals surface area contributed by atoms with Crippen molar-refractivity contribution in [3.63, 3.8) is 0 Å². The molecule has 5 rings (SSSR count). The zero-order valence-corrected chi connectivity index (χ0v) is 20.6. The summed E-state index contributed by atoms with van der Waals surface area (Å²) in [7, 11) is 0. The van der Waals surface area contributed by atoms with Gasteiger partial charge in [-0.3, -0.25) is 4.90 Å². The third kappa shape index (κ3) is 5.09. The molecule has 2 fully saturated rings. The number of nitrogens with one attached hydrogen (secondary N) is 1. The Morgan fingerprint density at radius 1 is 0.971 bits per heavy atom. The molecule has 3 amide bonds. The first kappa shape index (κ1) is 23.5. The van der Waals surface area contributed by atoms with Gasteiger partial charge in [0.25, 0.3) is 0 Å². The molecule has 1 spiro atoms. The van der Waals surface area contributed by atoms with E-state index >= 15 is 0 Å². The van der Waals surface area contributed by atoms with Gasteiger partial charge in [0.1, 0.15) is 5.60 Å². The van der Waals surface area contributed by atoms with E-state index in [2.05, 4.69) is 29.6 Å². The number of anilines is 1. The summed E-state index contributed by atoms with van der Waals surface area (Å²) in [4.78, 5) is 29.1. The van der Waals surface area contributed by atoms with Crippen LogP contribution in [0.4, 0.5) is 15.3 Å². The van der Waals surface area contributed by atoms with Crippen LogP contribution in [0.3, 0.4) is 0 Å². The number of rotatable bonds is 4. The van der Waals surface area contributed by atoms with Gasteiger partial charge in [0.15, 0.2) is 0 Å². The van der Waals surface area contributed by atoms with Crippen LogP contribution in [0, 0.1) is 0 Å². The molecule has 35 heavy (non-hydrogen) atoms. The van der Waals surface area contributed by atoms with Crippen LogP contribution in [0.2, 0.25) is 10.0 Å². The van der Waals surface area contributed by atoms with Gasteiger partial charge in [-0.25, -0.2) is 9.59 Å². The number of hydrogen-bond donors (Lipinski definition) is 1. The topological polar surface area (TPSA) is 61.9 Å². The van der Waals surface area contributed by atoms with Gasteiger partial charge in [0.2, 0.25) is 0 Å². The maximum Gasteiger partial charge on any atom is 0.410 e. The number of carbonyl (C=O) groups excluding carboxylic acids is 2. The van der Waals surface area contributed by atoms with Gasteiger partial charge in [-0.1, -0.05) is 77.8 Å². The summed E-state index contributed by atoms with van der Waals surface area (Å²) in [6, 6.07) is 23.0. The number of urea groups is 1. The van der Waals surface area contributed by atoms with E-state index < -0.39 is 5.60 Å². The van der Waals surface area contributed by atoms with Crippen molar-refractivity contribution in [2.75, 3.05) is 25.0 Å².